The number of hydrogen-bond donors (Lipinski definition) is 2. The Morgan fingerprint density at radius 2 is 2.08 bits per heavy atom. The Morgan fingerprint density at radius 1 is 1.29 bits per heavy atom. The Morgan fingerprint density at radius 3 is 2.88 bits per heavy atom. The molecule has 5 nitrogen and oxygen atoms in total. The molecule has 0 bridgehead atoms. The summed E-state index contributed by atoms with van der Waals surface area (Å²) < 4.78 is 5.75. The maximum Gasteiger partial charge on any atom is 0.315 e. The fourth-order valence-electron chi connectivity index (χ4n) is 3.05. The van der Waals surface area contributed by atoms with Gasteiger partial charge in [-0.3, -0.25) is 4.98 Å². The lowest BCUT2D eigenvalue weighted by atomic mass is 10.0. The third kappa shape index (κ3) is 3.85. The molecule has 126 valence electrons. The summed E-state index contributed by atoms with van der Waals surface area (Å²) in [6, 6.07) is 11.6. The van der Waals surface area contributed by atoms with Gasteiger partial charge in [0.05, 0.1) is 18.7 Å². The van der Waals surface area contributed by atoms with Crippen LogP contribution in [0, 0.1) is 0 Å². The molecule has 0 aliphatic carbocycles. The minimum atomic E-state index is -0.152. The van der Waals surface area contributed by atoms with Crippen molar-refractivity contribution in [2.45, 2.75) is 38.3 Å². The largest absolute Gasteiger partial charge is 0.493 e. The summed E-state index contributed by atoms with van der Waals surface area (Å²) in [6.07, 6.45) is 6.10. The van der Waals surface area contributed by atoms with Gasteiger partial charge >= 0.3 is 6.03 Å². The van der Waals surface area contributed by atoms with Gasteiger partial charge in [-0.15, -0.1) is 0 Å². The maximum atomic E-state index is 12.5. The van der Waals surface area contributed by atoms with E-state index in [1.54, 1.807) is 12.4 Å². The summed E-state index contributed by atoms with van der Waals surface area (Å²) in [7, 11) is 0. The van der Waals surface area contributed by atoms with Crippen LogP contribution in [0.3, 0.4) is 0 Å². The number of para-hydroxylation sites is 1. The van der Waals surface area contributed by atoms with E-state index in [0.717, 1.165) is 36.1 Å². The number of carbonyl (C=O) groups is 1. The predicted octanol–water partition coefficient (Wildman–Crippen LogP) is 3.75. The first-order valence-corrected chi connectivity index (χ1v) is 8.46. The molecule has 2 amide bonds. The molecule has 0 radical (unpaired) electrons. The Kier molecular flexibility index (Phi) is 5.31. The third-order valence-corrected chi connectivity index (χ3v) is 4.32. The lowest BCUT2D eigenvalue weighted by molar-refractivity contribution is 0.232. The quantitative estimate of drug-likeness (QED) is 0.900. The molecule has 1 aliphatic rings. The molecule has 5 heteroatoms. The lowest BCUT2D eigenvalue weighted by Gasteiger charge is -2.22. The van der Waals surface area contributed by atoms with Crippen molar-refractivity contribution in [3.05, 3.63) is 59.9 Å². The fraction of sp³-hybridized carbons (Fsp3) is 0.368. The van der Waals surface area contributed by atoms with Crippen molar-refractivity contribution < 1.29 is 9.53 Å². The highest BCUT2D eigenvalue weighted by Gasteiger charge is 2.22. The van der Waals surface area contributed by atoms with E-state index >= 15 is 0 Å². The Labute approximate surface area is 142 Å². The molecule has 0 saturated carbocycles. The van der Waals surface area contributed by atoms with Crippen LogP contribution in [0.4, 0.5) is 4.79 Å². The zero-order chi connectivity index (χ0) is 16.8. The SMILES string of the molecule is CC[C@H](NC(=O)N[C@@H]1CCCOc2ccccc21)c1ccncc1. The van der Waals surface area contributed by atoms with E-state index in [-0.39, 0.29) is 18.1 Å². The van der Waals surface area contributed by atoms with Crippen molar-refractivity contribution in [2.24, 2.45) is 0 Å². The molecule has 0 fully saturated rings. The number of carbonyl (C=O) groups excluding carboxylic acids is 1. The van der Waals surface area contributed by atoms with Crippen molar-refractivity contribution in [1.29, 1.82) is 0 Å². The number of aromatic nitrogens is 1. The highest BCUT2D eigenvalue weighted by molar-refractivity contribution is 5.75. The van der Waals surface area contributed by atoms with E-state index in [9.17, 15) is 4.79 Å². The van der Waals surface area contributed by atoms with Crippen LogP contribution in [0.15, 0.2) is 48.8 Å². The topological polar surface area (TPSA) is 63.2 Å². The van der Waals surface area contributed by atoms with Crippen LogP contribution in [0.5, 0.6) is 5.75 Å². The molecule has 2 N–H and O–H groups in total. The predicted molar refractivity (Wildman–Crippen MR) is 92.8 cm³/mol. The molecule has 1 aromatic heterocycles. The van der Waals surface area contributed by atoms with E-state index in [4.69, 9.17) is 4.74 Å². The van der Waals surface area contributed by atoms with Gasteiger partial charge in [-0.2, -0.15) is 0 Å². The van der Waals surface area contributed by atoms with Crippen molar-refractivity contribution in [3.63, 3.8) is 0 Å². The highest BCUT2D eigenvalue weighted by atomic mass is 16.5. The molecule has 3 rings (SSSR count). The molecule has 1 aliphatic heterocycles. The average molecular weight is 325 g/mol. The van der Waals surface area contributed by atoms with Gasteiger partial charge in [0.2, 0.25) is 0 Å². The number of fused-ring (bicyclic) bond motifs is 1. The highest BCUT2D eigenvalue weighted by Crippen LogP contribution is 2.31. The molecule has 2 aromatic rings. The molecule has 2 heterocycles. The van der Waals surface area contributed by atoms with Crippen LogP contribution in [0.25, 0.3) is 0 Å². The molecule has 0 saturated heterocycles. The monoisotopic (exact) mass is 325 g/mol. The standard InChI is InChI=1S/C19H23N3O2/c1-2-16(14-9-11-20-12-10-14)21-19(23)22-17-7-5-13-24-18-8-4-3-6-15(17)18/h3-4,6,8-12,16-17H,2,5,7,13H2,1H3,(H2,21,22,23)/t16-,17+/m0/s1. The Hall–Kier alpha value is -2.56. The third-order valence-electron chi connectivity index (χ3n) is 4.32. The zero-order valence-electron chi connectivity index (χ0n) is 13.9. The minimum absolute atomic E-state index is 0.0229. The number of pyridine rings is 1. The van der Waals surface area contributed by atoms with E-state index in [0.29, 0.717) is 6.61 Å². The average Bonchev–Trinajstić information content (AvgIpc) is 2.83. The van der Waals surface area contributed by atoms with Crippen molar-refractivity contribution in [3.8, 4) is 5.75 Å². The van der Waals surface area contributed by atoms with Gasteiger partial charge < -0.3 is 15.4 Å². The maximum absolute atomic E-state index is 12.5. The number of benzene rings is 1. The first-order valence-electron chi connectivity index (χ1n) is 8.46. The molecular weight excluding hydrogens is 302 g/mol. The van der Waals surface area contributed by atoms with Gasteiger partial charge in [0.1, 0.15) is 5.75 Å². The summed E-state index contributed by atoms with van der Waals surface area (Å²) in [5, 5.41) is 6.17. The molecule has 2 atom stereocenters. The Balaban J connectivity index is 1.68. The van der Waals surface area contributed by atoms with E-state index in [2.05, 4.69) is 22.5 Å². The number of amides is 2. The first-order chi connectivity index (χ1) is 11.8. The van der Waals surface area contributed by atoms with E-state index < -0.39 is 0 Å². The second kappa shape index (κ2) is 7.81. The van der Waals surface area contributed by atoms with Crippen molar-refractivity contribution >= 4 is 6.03 Å². The number of nitrogens with one attached hydrogen (secondary N) is 2. The van der Waals surface area contributed by atoms with Crippen LogP contribution < -0.4 is 15.4 Å². The fourth-order valence-corrected chi connectivity index (χ4v) is 3.05. The van der Waals surface area contributed by atoms with E-state index in [1.807, 2.05) is 36.4 Å². The van der Waals surface area contributed by atoms with Crippen LogP contribution in [-0.2, 0) is 0 Å². The lowest BCUT2D eigenvalue weighted by Crippen LogP contribution is -2.39. The van der Waals surface area contributed by atoms with Gasteiger partial charge in [0, 0.05) is 18.0 Å². The van der Waals surface area contributed by atoms with Crippen molar-refractivity contribution in [2.75, 3.05) is 6.61 Å². The zero-order valence-corrected chi connectivity index (χ0v) is 13.9. The second-order valence-electron chi connectivity index (χ2n) is 5.94. The van der Waals surface area contributed by atoms with Gasteiger partial charge in [0.25, 0.3) is 0 Å². The number of nitrogens with zero attached hydrogens (tertiary/aromatic N) is 1. The summed E-state index contributed by atoms with van der Waals surface area (Å²) >= 11 is 0. The molecular formula is C19H23N3O2. The molecule has 24 heavy (non-hydrogen) atoms. The molecule has 0 unspecified atom stereocenters. The smallest absolute Gasteiger partial charge is 0.315 e. The second-order valence-corrected chi connectivity index (χ2v) is 5.94. The summed E-state index contributed by atoms with van der Waals surface area (Å²) in [4.78, 5) is 16.5. The Bertz CT molecular complexity index is 675. The molecule has 1 aromatic carbocycles. The summed E-state index contributed by atoms with van der Waals surface area (Å²) in [6.45, 7) is 2.74. The molecule has 0 spiro atoms. The first kappa shape index (κ1) is 16.3. The minimum Gasteiger partial charge on any atom is -0.493 e. The number of rotatable bonds is 4. The number of hydrogen-bond acceptors (Lipinski definition) is 3. The summed E-state index contributed by atoms with van der Waals surface area (Å²) in [5.74, 6) is 0.862. The summed E-state index contributed by atoms with van der Waals surface area (Å²) in [5.41, 5.74) is 2.11. The van der Waals surface area contributed by atoms with Gasteiger partial charge in [-0.05, 0) is 43.0 Å². The van der Waals surface area contributed by atoms with Crippen LogP contribution in [-0.4, -0.2) is 17.6 Å². The van der Waals surface area contributed by atoms with Crippen LogP contribution >= 0.6 is 0 Å². The van der Waals surface area contributed by atoms with E-state index in [1.165, 1.54) is 0 Å². The number of ether oxygens (including phenoxy) is 1. The van der Waals surface area contributed by atoms with Crippen LogP contribution in [0.1, 0.15) is 49.4 Å². The van der Waals surface area contributed by atoms with Crippen molar-refractivity contribution in [1.82, 2.24) is 15.6 Å². The normalized spacial score (nSPS) is 17.8. The van der Waals surface area contributed by atoms with Gasteiger partial charge in [-0.1, -0.05) is 25.1 Å². The van der Waals surface area contributed by atoms with Crippen LogP contribution in [0.2, 0.25) is 0 Å². The number of urea groups is 1. The van der Waals surface area contributed by atoms with Gasteiger partial charge in [0.15, 0.2) is 0 Å². The van der Waals surface area contributed by atoms with Gasteiger partial charge in [-0.25, -0.2) is 4.79 Å².